The van der Waals surface area contributed by atoms with Crippen LogP contribution in [0.25, 0.3) is 22.8 Å². The van der Waals surface area contributed by atoms with E-state index in [9.17, 15) is 14.0 Å². The second-order valence-corrected chi connectivity index (χ2v) is 9.85. The number of benzene rings is 2. The van der Waals surface area contributed by atoms with E-state index in [0.29, 0.717) is 46.5 Å². The summed E-state index contributed by atoms with van der Waals surface area (Å²) in [6, 6.07) is 12.7. The molecule has 180 valence electrons. The summed E-state index contributed by atoms with van der Waals surface area (Å²) >= 11 is 0. The van der Waals surface area contributed by atoms with Gasteiger partial charge in [0.2, 0.25) is 0 Å². The molecule has 3 heterocycles. The summed E-state index contributed by atoms with van der Waals surface area (Å²) in [6.45, 7) is 6.22. The Kier molecular flexibility index (Phi) is 6.15. The summed E-state index contributed by atoms with van der Waals surface area (Å²) in [5.74, 6) is -0.239. The summed E-state index contributed by atoms with van der Waals surface area (Å²) in [5, 5.41) is 6.39. The molecular weight excluding hydrogens is 441 g/mol. The number of anilines is 1. The summed E-state index contributed by atoms with van der Waals surface area (Å²) in [7, 11) is 0. The number of aromatic nitrogens is 1. The quantitative estimate of drug-likeness (QED) is 0.430. The van der Waals surface area contributed by atoms with Crippen molar-refractivity contribution in [3.8, 4) is 11.1 Å². The van der Waals surface area contributed by atoms with Crippen LogP contribution in [0.1, 0.15) is 49.1 Å². The van der Waals surface area contributed by atoms with Gasteiger partial charge in [-0.25, -0.2) is 4.39 Å². The lowest BCUT2D eigenvalue weighted by Crippen LogP contribution is -2.44. The monoisotopic (exact) mass is 471 g/mol. The van der Waals surface area contributed by atoms with Crippen LogP contribution in [0.4, 0.5) is 10.1 Å². The largest absolute Gasteiger partial charge is 0.361 e. The number of fused-ring (bicyclic) bond motifs is 1. The number of aromatic amines is 1. The van der Waals surface area contributed by atoms with E-state index < -0.39 is 0 Å². The number of amides is 1. The topological polar surface area (TPSA) is 74.0 Å². The molecule has 3 atom stereocenters. The predicted octanol–water partition coefficient (Wildman–Crippen LogP) is 5.51. The smallest absolute Gasteiger partial charge is 0.256 e. The number of ketones is 1. The van der Waals surface area contributed by atoms with E-state index in [1.54, 1.807) is 18.2 Å². The molecule has 1 aromatic heterocycles. The first kappa shape index (κ1) is 23.2. The Morgan fingerprint density at radius 3 is 2.51 bits per heavy atom. The Balaban J connectivity index is 1.46. The van der Waals surface area contributed by atoms with Crippen molar-refractivity contribution in [2.75, 3.05) is 5.32 Å². The number of hydrogen-bond acceptors (Lipinski definition) is 3. The van der Waals surface area contributed by atoms with Gasteiger partial charge in [-0.3, -0.25) is 9.59 Å². The molecular formula is C29H30FN3O2. The van der Waals surface area contributed by atoms with Gasteiger partial charge >= 0.3 is 0 Å². The Morgan fingerprint density at radius 2 is 1.77 bits per heavy atom. The van der Waals surface area contributed by atoms with Crippen molar-refractivity contribution in [1.82, 2.24) is 10.3 Å². The van der Waals surface area contributed by atoms with Gasteiger partial charge < -0.3 is 15.6 Å². The lowest BCUT2D eigenvalue weighted by molar-refractivity contribution is -0.123. The Bertz CT molecular complexity index is 1330. The van der Waals surface area contributed by atoms with E-state index in [1.807, 2.05) is 37.4 Å². The van der Waals surface area contributed by atoms with Gasteiger partial charge in [0.15, 0.2) is 0 Å². The van der Waals surface area contributed by atoms with E-state index in [-0.39, 0.29) is 23.4 Å². The third kappa shape index (κ3) is 4.46. The van der Waals surface area contributed by atoms with Crippen molar-refractivity contribution in [2.45, 2.75) is 52.1 Å². The van der Waals surface area contributed by atoms with E-state index in [0.717, 1.165) is 29.7 Å². The molecule has 0 radical (unpaired) electrons. The maximum absolute atomic E-state index is 14.6. The van der Waals surface area contributed by atoms with Gasteiger partial charge in [0, 0.05) is 53.1 Å². The molecule has 0 spiro atoms. The van der Waals surface area contributed by atoms with Crippen molar-refractivity contribution in [3.05, 3.63) is 76.9 Å². The van der Waals surface area contributed by atoms with Crippen LogP contribution in [-0.2, 0) is 16.0 Å². The summed E-state index contributed by atoms with van der Waals surface area (Å²) in [4.78, 5) is 29.2. The number of Topliss-reactive ketones (excluding diaryl/α,β-unsaturated/α-hetero) is 1. The van der Waals surface area contributed by atoms with Gasteiger partial charge in [-0.2, -0.15) is 0 Å². The predicted molar refractivity (Wildman–Crippen MR) is 137 cm³/mol. The lowest BCUT2D eigenvalue weighted by atomic mass is 9.84. The molecule has 1 unspecified atom stereocenters. The first-order valence-electron chi connectivity index (χ1n) is 12.2. The molecule has 2 aliphatic heterocycles. The SMILES string of the molecule is Cc1c(CC(=O)C2C[C@@H](C)N[C@@H](C)C2)c[nH]c1/C=C1\C(=O)Nc2cccc(-c3ccccc3F)c21. The van der Waals surface area contributed by atoms with Crippen LogP contribution < -0.4 is 10.6 Å². The van der Waals surface area contributed by atoms with Crippen molar-refractivity contribution in [2.24, 2.45) is 5.92 Å². The van der Waals surface area contributed by atoms with E-state index in [2.05, 4.69) is 29.5 Å². The summed E-state index contributed by atoms with van der Waals surface area (Å²) in [6.07, 6.45) is 5.77. The van der Waals surface area contributed by atoms with Crippen LogP contribution >= 0.6 is 0 Å². The van der Waals surface area contributed by atoms with Gasteiger partial charge in [0.05, 0.1) is 5.57 Å². The normalized spacial score (nSPS) is 22.8. The van der Waals surface area contributed by atoms with E-state index in [1.165, 1.54) is 6.07 Å². The molecule has 5 nitrogen and oxygen atoms in total. The van der Waals surface area contributed by atoms with Crippen LogP contribution in [-0.4, -0.2) is 28.8 Å². The zero-order chi connectivity index (χ0) is 24.7. The molecule has 35 heavy (non-hydrogen) atoms. The highest BCUT2D eigenvalue weighted by Crippen LogP contribution is 2.41. The highest BCUT2D eigenvalue weighted by molar-refractivity contribution is 6.36. The third-order valence-electron chi connectivity index (χ3n) is 7.23. The second-order valence-electron chi connectivity index (χ2n) is 9.85. The van der Waals surface area contributed by atoms with Crippen LogP contribution in [0.2, 0.25) is 0 Å². The maximum atomic E-state index is 14.6. The number of halogens is 1. The first-order chi connectivity index (χ1) is 16.8. The Morgan fingerprint density at radius 1 is 1.06 bits per heavy atom. The molecule has 5 rings (SSSR count). The highest BCUT2D eigenvalue weighted by Gasteiger charge is 2.30. The average Bonchev–Trinajstić information content (AvgIpc) is 3.33. The van der Waals surface area contributed by atoms with E-state index in [4.69, 9.17) is 0 Å². The van der Waals surface area contributed by atoms with Crippen LogP contribution in [0.3, 0.4) is 0 Å². The Hall–Kier alpha value is -3.51. The fourth-order valence-electron chi connectivity index (χ4n) is 5.49. The fraction of sp³-hybridized carbons (Fsp3) is 0.310. The number of hydrogen-bond donors (Lipinski definition) is 3. The van der Waals surface area contributed by atoms with Gasteiger partial charge in [-0.15, -0.1) is 0 Å². The molecule has 6 heteroatoms. The maximum Gasteiger partial charge on any atom is 0.256 e. The van der Waals surface area contributed by atoms with Gasteiger partial charge in [0.25, 0.3) is 5.91 Å². The third-order valence-corrected chi connectivity index (χ3v) is 7.23. The molecule has 3 N–H and O–H groups in total. The number of carbonyl (C=O) groups excluding carboxylic acids is 2. The van der Waals surface area contributed by atoms with Crippen LogP contribution in [0, 0.1) is 18.7 Å². The lowest BCUT2D eigenvalue weighted by Gasteiger charge is -2.32. The van der Waals surface area contributed by atoms with Crippen LogP contribution in [0.5, 0.6) is 0 Å². The number of H-pyrrole nitrogens is 1. The minimum atomic E-state index is -0.335. The van der Waals surface area contributed by atoms with Crippen molar-refractivity contribution >= 4 is 29.0 Å². The molecule has 1 amide bonds. The number of carbonyl (C=O) groups is 2. The van der Waals surface area contributed by atoms with Gasteiger partial charge in [-0.1, -0.05) is 30.3 Å². The molecule has 0 aliphatic carbocycles. The van der Waals surface area contributed by atoms with E-state index >= 15 is 0 Å². The molecule has 0 bridgehead atoms. The summed E-state index contributed by atoms with van der Waals surface area (Å²) in [5.41, 5.74) is 5.62. The standard InChI is InChI=1S/C29H30FN3O2/c1-16-11-19(12-17(2)32-16)27(34)13-20-15-31-26(18(20)3)14-23-28-22(21-7-4-5-9-24(21)30)8-6-10-25(28)33-29(23)35/h4-10,14-17,19,31-32H,11-13H2,1-3H3,(H,33,35)/b23-14-/t16-,17+,19?. The first-order valence-corrected chi connectivity index (χ1v) is 12.2. The van der Waals surface area contributed by atoms with Gasteiger partial charge in [0.1, 0.15) is 11.6 Å². The van der Waals surface area contributed by atoms with Crippen LogP contribution in [0.15, 0.2) is 48.7 Å². The minimum absolute atomic E-state index is 0.0631. The number of piperidine rings is 1. The Labute approximate surface area is 204 Å². The van der Waals surface area contributed by atoms with Crippen molar-refractivity contribution in [1.29, 1.82) is 0 Å². The zero-order valence-corrected chi connectivity index (χ0v) is 20.2. The molecule has 2 aromatic carbocycles. The van der Waals surface area contributed by atoms with Crippen molar-refractivity contribution in [3.63, 3.8) is 0 Å². The second kappa shape index (κ2) is 9.27. The molecule has 1 fully saturated rings. The van der Waals surface area contributed by atoms with Crippen molar-refractivity contribution < 1.29 is 14.0 Å². The van der Waals surface area contributed by atoms with Gasteiger partial charge in [-0.05, 0) is 68.5 Å². The molecule has 1 saturated heterocycles. The summed E-state index contributed by atoms with van der Waals surface area (Å²) < 4.78 is 14.6. The number of rotatable bonds is 5. The molecule has 0 saturated carbocycles. The molecule has 3 aromatic rings. The average molecular weight is 472 g/mol. The number of nitrogens with one attached hydrogen (secondary N) is 3. The zero-order valence-electron chi connectivity index (χ0n) is 20.2. The minimum Gasteiger partial charge on any atom is -0.361 e. The molecule has 2 aliphatic rings. The fourth-order valence-corrected chi connectivity index (χ4v) is 5.49. The highest BCUT2D eigenvalue weighted by atomic mass is 19.1.